The number of amides is 2. The van der Waals surface area contributed by atoms with Crippen molar-refractivity contribution < 1.29 is 19.0 Å². The lowest BCUT2D eigenvalue weighted by Crippen LogP contribution is -2.38. The molecule has 0 bridgehead atoms. The van der Waals surface area contributed by atoms with E-state index in [9.17, 15) is 4.79 Å². The van der Waals surface area contributed by atoms with Crippen LogP contribution in [0.1, 0.15) is 27.7 Å². The molecule has 1 saturated heterocycles. The SMILES string of the molecule is C/C=C/C(/C=C(\OC)C(C)(C)C)NC(=O)Nc1ccc(-n2cnc3cccc(OCCN4CCOCC4)c32)cc1. The maximum atomic E-state index is 12.8. The number of benzene rings is 2. The Morgan fingerprint density at radius 1 is 1.15 bits per heavy atom. The number of ether oxygens (including phenoxy) is 3. The van der Waals surface area contributed by atoms with Crippen LogP contribution in [-0.2, 0) is 9.47 Å². The Morgan fingerprint density at radius 2 is 1.90 bits per heavy atom. The van der Waals surface area contributed by atoms with E-state index in [1.165, 1.54) is 0 Å². The molecular weight excluding hydrogens is 506 g/mol. The molecule has 40 heavy (non-hydrogen) atoms. The molecule has 0 aliphatic carbocycles. The van der Waals surface area contributed by atoms with Crippen LogP contribution in [0, 0.1) is 5.41 Å². The Kier molecular flexibility index (Phi) is 9.84. The normalized spacial score (nSPS) is 15.8. The van der Waals surface area contributed by atoms with Crippen molar-refractivity contribution in [2.45, 2.75) is 33.7 Å². The van der Waals surface area contributed by atoms with E-state index in [0.29, 0.717) is 12.3 Å². The highest BCUT2D eigenvalue weighted by Crippen LogP contribution is 2.28. The lowest BCUT2D eigenvalue weighted by atomic mass is 9.92. The molecule has 1 unspecified atom stereocenters. The fourth-order valence-electron chi connectivity index (χ4n) is 4.62. The van der Waals surface area contributed by atoms with Gasteiger partial charge in [0.05, 0.1) is 37.6 Å². The van der Waals surface area contributed by atoms with Crippen molar-refractivity contribution in [3.8, 4) is 11.4 Å². The molecule has 2 amide bonds. The quantitative estimate of drug-likeness (QED) is 0.262. The lowest BCUT2D eigenvalue weighted by Gasteiger charge is -2.26. The van der Waals surface area contributed by atoms with Gasteiger partial charge in [-0.2, -0.15) is 0 Å². The van der Waals surface area contributed by atoms with E-state index in [-0.39, 0.29) is 17.5 Å². The van der Waals surface area contributed by atoms with Gasteiger partial charge in [-0.05, 0) is 49.4 Å². The van der Waals surface area contributed by atoms with Gasteiger partial charge in [-0.3, -0.25) is 9.47 Å². The molecule has 1 aliphatic rings. The third-order valence-corrected chi connectivity index (χ3v) is 6.69. The second-order valence-electron chi connectivity index (χ2n) is 10.7. The second kappa shape index (κ2) is 13.5. The molecule has 0 saturated carbocycles. The number of imidazole rings is 1. The molecule has 2 aromatic carbocycles. The van der Waals surface area contributed by atoms with E-state index < -0.39 is 0 Å². The van der Waals surface area contributed by atoms with Gasteiger partial charge in [-0.25, -0.2) is 9.78 Å². The van der Waals surface area contributed by atoms with Crippen LogP contribution >= 0.6 is 0 Å². The molecular formula is C31H41N5O4. The average molecular weight is 548 g/mol. The highest BCUT2D eigenvalue weighted by Gasteiger charge is 2.20. The van der Waals surface area contributed by atoms with Crippen molar-refractivity contribution in [3.05, 3.63) is 72.8 Å². The van der Waals surface area contributed by atoms with Gasteiger partial charge < -0.3 is 24.8 Å². The Morgan fingerprint density at radius 3 is 2.58 bits per heavy atom. The third kappa shape index (κ3) is 7.64. The number of morpholine rings is 1. The summed E-state index contributed by atoms with van der Waals surface area (Å²) < 4.78 is 19.2. The van der Waals surface area contributed by atoms with Gasteiger partial charge >= 0.3 is 6.03 Å². The number of rotatable bonds is 10. The summed E-state index contributed by atoms with van der Waals surface area (Å²) in [6.07, 6.45) is 7.54. The van der Waals surface area contributed by atoms with Crippen LogP contribution in [0.25, 0.3) is 16.7 Å². The molecule has 1 aromatic heterocycles. The Bertz CT molecular complexity index is 1320. The van der Waals surface area contributed by atoms with Crippen molar-refractivity contribution in [1.82, 2.24) is 19.8 Å². The molecule has 2 N–H and O–H groups in total. The Balaban J connectivity index is 1.43. The fourth-order valence-corrected chi connectivity index (χ4v) is 4.62. The minimum atomic E-state index is -0.308. The largest absolute Gasteiger partial charge is 0.501 e. The average Bonchev–Trinajstić information content (AvgIpc) is 3.37. The summed E-state index contributed by atoms with van der Waals surface area (Å²) in [4.78, 5) is 19.7. The van der Waals surface area contributed by atoms with Crippen LogP contribution in [0.4, 0.5) is 10.5 Å². The Labute approximate surface area is 236 Å². The van der Waals surface area contributed by atoms with E-state index in [4.69, 9.17) is 14.2 Å². The first kappa shape index (κ1) is 29.2. The number of carbonyl (C=O) groups is 1. The van der Waals surface area contributed by atoms with E-state index in [2.05, 4.69) is 41.3 Å². The maximum Gasteiger partial charge on any atom is 0.319 e. The minimum Gasteiger partial charge on any atom is -0.501 e. The number of hydrogen-bond acceptors (Lipinski definition) is 6. The van der Waals surface area contributed by atoms with Crippen LogP contribution in [-0.4, -0.2) is 73.1 Å². The number of allylic oxidation sites excluding steroid dienone is 2. The number of hydrogen-bond donors (Lipinski definition) is 2. The summed E-state index contributed by atoms with van der Waals surface area (Å²) in [6.45, 7) is 13.0. The number of fused-ring (bicyclic) bond motifs is 1. The first-order valence-electron chi connectivity index (χ1n) is 13.7. The highest BCUT2D eigenvalue weighted by molar-refractivity contribution is 5.90. The van der Waals surface area contributed by atoms with Gasteiger partial charge in [0.1, 0.15) is 24.2 Å². The van der Waals surface area contributed by atoms with Gasteiger partial charge in [0.15, 0.2) is 0 Å². The molecule has 1 fully saturated rings. The van der Waals surface area contributed by atoms with Gasteiger partial charge in [0.25, 0.3) is 0 Å². The number of urea groups is 1. The lowest BCUT2D eigenvalue weighted by molar-refractivity contribution is 0.0323. The van der Waals surface area contributed by atoms with Crippen LogP contribution in [0.5, 0.6) is 5.75 Å². The summed E-state index contributed by atoms with van der Waals surface area (Å²) in [5, 5.41) is 5.91. The van der Waals surface area contributed by atoms with Crippen molar-refractivity contribution in [2.75, 3.05) is 51.9 Å². The van der Waals surface area contributed by atoms with Crippen LogP contribution in [0.2, 0.25) is 0 Å². The molecule has 214 valence electrons. The second-order valence-corrected chi connectivity index (χ2v) is 10.7. The zero-order chi connectivity index (χ0) is 28.5. The summed E-state index contributed by atoms with van der Waals surface area (Å²) in [7, 11) is 1.65. The van der Waals surface area contributed by atoms with Crippen molar-refractivity contribution in [2.24, 2.45) is 5.41 Å². The van der Waals surface area contributed by atoms with Crippen molar-refractivity contribution in [1.29, 1.82) is 0 Å². The molecule has 1 aliphatic heterocycles. The molecule has 3 aromatic rings. The predicted octanol–water partition coefficient (Wildman–Crippen LogP) is 5.38. The molecule has 1 atom stereocenters. The molecule has 0 radical (unpaired) electrons. The first-order chi connectivity index (χ1) is 19.3. The van der Waals surface area contributed by atoms with Gasteiger partial charge in [-0.15, -0.1) is 0 Å². The molecule has 4 rings (SSSR count). The van der Waals surface area contributed by atoms with Gasteiger partial charge in [0, 0.05) is 36.4 Å². The zero-order valence-corrected chi connectivity index (χ0v) is 24.1. The van der Waals surface area contributed by atoms with E-state index in [0.717, 1.165) is 61.1 Å². The van der Waals surface area contributed by atoms with E-state index in [1.807, 2.05) is 72.2 Å². The smallest absolute Gasteiger partial charge is 0.319 e. The molecule has 0 spiro atoms. The van der Waals surface area contributed by atoms with Crippen LogP contribution < -0.4 is 15.4 Å². The van der Waals surface area contributed by atoms with Gasteiger partial charge in [-0.1, -0.05) is 39.0 Å². The van der Waals surface area contributed by atoms with Gasteiger partial charge in [0.2, 0.25) is 0 Å². The number of methoxy groups -OCH3 is 1. The number of carbonyl (C=O) groups excluding carboxylic acids is 1. The standard InChI is InChI=1S/C31H41N5O4/c1-6-8-24(21-28(38-5)31(2,3)4)34-30(37)33-23-11-13-25(14-12-23)36-22-32-26-9-7-10-27(29(26)36)40-20-17-35-15-18-39-19-16-35/h6-14,21-22,24H,15-20H2,1-5H3,(H2,33,34,37)/b8-6+,28-21-. The molecule has 9 nitrogen and oxygen atoms in total. The van der Waals surface area contributed by atoms with Crippen LogP contribution in [0.3, 0.4) is 0 Å². The van der Waals surface area contributed by atoms with Crippen molar-refractivity contribution >= 4 is 22.8 Å². The number of nitrogens with zero attached hydrogens (tertiary/aromatic N) is 3. The van der Waals surface area contributed by atoms with E-state index in [1.54, 1.807) is 13.4 Å². The molecule has 2 heterocycles. The number of aromatic nitrogens is 2. The summed E-state index contributed by atoms with van der Waals surface area (Å²) >= 11 is 0. The van der Waals surface area contributed by atoms with Crippen molar-refractivity contribution in [3.63, 3.8) is 0 Å². The van der Waals surface area contributed by atoms with E-state index >= 15 is 0 Å². The fraction of sp³-hybridized carbons (Fsp3) is 0.419. The minimum absolute atomic E-state index is 0.173. The van der Waals surface area contributed by atoms with Crippen LogP contribution in [0.15, 0.2) is 72.8 Å². The number of para-hydroxylation sites is 1. The Hall–Kier alpha value is -3.82. The number of anilines is 1. The first-order valence-corrected chi connectivity index (χ1v) is 13.7. The summed E-state index contributed by atoms with van der Waals surface area (Å²) in [5.41, 5.74) is 3.20. The topological polar surface area (TPSA) is 89.9 Å². The highest BCUT2D eigenvalue weighted by atomic mass is 16.5. The predicted molar refractivity (Wildman–Crippen MR) is 159 cm³/mol. The maximum absolute atomic E-state index is 12.8. The summed E-state index contributed by atoms with van der Waals surface area (Å²) in [5.74, 6) is 1.59. The zero-order valence-electron chi connectivity index (χ0n) is 24.1. The third-order valence-electron chi connectivity index (χ3n) is 6.69. The molecule has 9 heteroatoms. The number of nitrogens with one attached hydrogen (secondary N) is 2. The summed E-state index contributed by atoms with van der Waals surface area (Å²) in [6, 6.07) is 13.0. The monoisotopic (exact) mass is 547 g/mol.